The van der Waals surface area contributed by atoms with Crippen molar-refractivity contribution >= 4 is 17.2 Å². The highest BCUT2D eigenvalue weighted by Crippen LogP contribution is 2.40. The van der Waals surface area contributed by atoms with E-state index in [9.17, 15) is 0 Å². The van der Waals surface area contributed by atoms with Gasteiger partial charge in [0.05, 0.1) is 24.1 Å². The van der Waals surface area contributed by atoms with Gasteiger partial charge in [-0.15, -0.1) is 0 Å². The Bertz CT molecular complexity index is 865. The number of hydrogen-bond acceptors (Lipinski definition) is 7. The van der Waals surface area contributed by atoms with Crippen molar-refractivity contribution in [2.24, 2.45) is 0 Å². The number of ether oxygens (including phenoxy) is 2. The van der Waals surface area contributed by atoms with Crippen molar-refractivity contribution in [1.82, 2.24) is 9.97 Å². The minimum absolute atomic E-state index is 0.0787. The molecule has 1 aromatic carbocycles. The van der Waals surface area contributed by atoms with E-state index in [2.05, 4.69) is 21.8 Å². The molecule has 1 saturated carbocycles. The van der Waals surface area contributed by atoms with Crippen LogP contribution in [0.3, 0.4) is 0 Å². The van der Waals surface area contributed by atoms with Crippen LogP contribution >= 0.6 is 0 Å². The van der Waals surface area contributed by atoms with Crippen LogP contribution in [0.4, 0.5) is 11.5 Å². The first-order chi connectivity index (χ1) is 12.9. The van der Waals surface area contributed by atoms with Gasteiger partial charge in [0, 0.05) is 30.4 Å². The van der Waals surface area contributed by atoms with Gasteiger partial charge in [0.1, 0.15) is 23.5 Å². The fourth-order valence-electron chi connectivity index (χ4n) is 3.20. The molecule has 1 aromatic heterocycles. The summed E-state index contributed by atoms with van der Waals surface area (Å²) in [5.41, 5.74) is 8.03. The normalized spacial score (nSPS) is 21.0. The molecule has 142 valence electrons. The van der Waals surface area contributed by atoms with Crippen molar-refractivity contribution in [3.63, 3.8) is 0 Å². The molecule has 1 saturated heterocycles. The second kappa shape index (κ2) is 6.81. The molecule has 0 amide bonds. The van der Waals surface area contributed by atoms with Gasteiger partial charge in [-0.05, 0) is 44.9 Å². The maximum Gasteiger partial charge on any atom is 0.132 e. The third-order valence-electron chi connectivity index (χ3n) is 5.09. The number of anilines is 2. The zero-order valence-electron chi connectivity index (χ0n) is 15.7. The first-order valence-electron chi connectivity index (χ1n) is 9.30. The van der Waals surface area contributed by atoms with Crippen molar-refractivity contribution in [1.29, 1.82) is 5.41 Å². The van der Waals surface area contributed by atoms with Gasteiger partial charge in [-0.3, -0.25) is 5.41 Å². The predicted octanol–water partition coefficient (Wildman–Crippen LogP) is 2.63. The number of nitrogens with zero attached hydrogens (tertiary/aromatic N) is 3. The van der Waals surface area contributed by atoms with E-state index in [1.807, 2.05) is 25.1 Å². The van der Waals surface area contributed by atoms with Gasteiger partial charge in [-0.1, -0.05) is 0 Å². The Kier molecular flexibility index (Phi) is 4.47. The Morgan fingerprint density at radius 1 is 1.33 bits per heavy atom. The van der Waals surface area contributed by atoms with Crippen molar-refractivity contribution in [3.05, 3.63) is 41.9 Å². The number of rotatable bonds is 5. The van der Waals surface area contributed by atoms with Crippen LogP contribution in [0.2, 0.25) is 0 Å². The monoisotopic (exact) mass is 367 g/mol. The molecule has 2 heterocycles. The number of nitrogens with two attached hydrogens (primary N) is 1. The van der Waals surface area contributed by atoms with Crippen LogP contribution in [0, 0.1) is 5.41 Å². The Labute approximate surface area is 159 Å². The Balaban J connectivity index is 1.59. The average molecular weight is 367 g/mol. The Hall–Kier alpha value is -2.67. The lowest BCUT2D eigenvalue weighted by Gasteiger charge is -2.32. The summed E-state index contributed by atoms with van der Waals surface area (Å²) >= 11 is 0. The molecule has 3 N–H and O–H groups in total. The van der Waals surface area contributed by atoms with Gasteiger partial charge in [0.2, 0.25) is 0 Å². The fraction of sp³-hybridized carbons (Fsp3) is 0.450. The van der Waals surface area contributed by atoms with Crippen molar-refractivity contribution in [2.45, 2.75) is 38.4 Å². The third-order valence-corrected chi connectivity index (χ3v) is 5.09. The summed E-state index contributed by atoms with van der Waals surface area (Å²) < 4.78 is 11.6. The fourth-order valence-corrected chi connectivity index (χ4v) is 3.20. The highest BCUT2D eigenvalue weighted by Gasteiger charge is 2.40. The average Bonchev–Trinajstić information content (AvgIpc) is 3.39. The standard InChI is InChI=1S/C20H25N5O2/c1-13-11-25(7-8-26-13)18-10-17(23-12-24-18)19(22)15-9-14(3-4-16(15)21)27-20(2)5-6-20/h3-4,9-10,12-13,22H,5-8,11,21H2,1-2H3/t13-/m0/s1. The van der Waals surface area contributed by atoms with Crippen LogP contribution in [0.25, 0.3) is 0 Å². The summed E-state index contributed by atoms with van der Waals surface area (Å²) in [7, 11) is 0. The van der Waals surface area contributed by atoms with Gasteiger partial charge >= 0.3 is 0 Å². The van der Waals surface area contributed by atoms with Crippen molar-refractivity contribution < 1.29 is 9.47 Å². The maximum absolute atomic E-state index is 8.64. The molecular formula is C20H25N5O2. The van der Waals surface area contributed by atoms with Gasteiger partial charge in [0.15, 0.2) is 0 Å². The van der Waals surface area contributed by atoms with Gasteiger partial charge in [0.25, 0.3) is 0 Å². The predicted molar refractivity (Wildman–Crippen MR) is 105 cm³/mol. The zero-order chi connectivity index (χ0) is 19.0. The van der Waals surface area contributed by atoms with Gasteiger partial charge < -0.3 is 20.1 Å². The smallest absolute Gasteiger partial charge is 0.132 e. The molecule has 7 nitrogen and oxygen atoms in total. The number of morpholine rings is 1. The number of hydrogen-bond donors (Lipinski definition) is 2. The molecule has 0 radical (unpaired) electrons. The van der Waals surface area contributed by atoms with E-state index in [1.54, 1.807) is 6.07 Å². The van der Waals surface area contributed by atoms with E-state index in [0.717, 1.165) is 37.5 Å². The first kappa shape index (κ1) is 17.7. The van der Waals surface area contributed by atoms with Crippen LogP contribution in [0.5, 0.6) is 5.75 Å². The molecule has 0 unspecified atom stereocenters. The van der Waals surface area contributed by atoms with E-state index in [0.29, 0.717) is 23.6 Å². The molecule has 1 atom stereocenters. The summed E-state index contributed by atoms with van der Waals surface area (Å²) in [6.07, 6.45) is 3.76. The minimum Gasteiger partial charge on any atom is -0.488 e. The number of nitrogen functional groups attached to an aromatic ring is 1. The Morgan fingerprint density at radius 3 is 2.89 bits per heavy atom. The van der Waals surface area contributed by atoms with Gasteiger partial charge in [-0.2, -0.15) is 0 Å². The summed E-state index contributed by atoms with van der Waals surface area (Å²) in [4.78, 5) is 10.8. The molecule has 2 aliphatic rings. The lowest BCUT2D eigenvalue weighted by atomic mass is 10.0. The van der Waals surface area contributed by atoms with Crippen LogP contribution in [0.15, 0.2) is 30.6 Å². The number of benzene rings is 1. The third kappa shape index (κ3) is 3.88. The quantitative estimate of drug-likeness (QED) is 0.623. The lowest BCUT2D eigenvalue weighted by molar-refractivity contribution is 0.0529. The molecule has 0 spiro atoms. The molecule has 1 aliphatic carbocycles. The van der Waals surface area contributed by atoms with Crippen molar-refractivity contribution in [3.8, 4) is 5.75 Å². The largest absolute Gasteiger partial charge is 0.488 e. The number of aromatic nitrogens is 2. The van der Waals surface area contributed by atoms with E-state index in [1.165, 1.54) is 6.33 Å². The SMILES string of the molecule is C[C@H]1CN(c2cc(C(=N)c3cc(OC4(C)CC4)ccc3N)ncn2)CCO1. The Morgan fingerprint density at radius 2 is 2.15 bits per heavy atom. The molecule has 4 rings (SSSR count). The highest BCUT2D eigenvalue weighted by molar-refractivity contribution is 6.13. The van der Waals surface area contributed by atoms with Crippen molar-refractivity contribution in [2.75, 3.05) is 30.3 Å². The molecule has 1 aliphatic heterocycles. The highest BCUT2D eigenvalue weighted by atomic mass is 16.5. The lowest BCUT2D eigenvalue weighted by Crippen LogP contribution is -2.41. The topological polar surface area (TPSA) is 97.4 Å². The molecule has 2 aromatic rings. The summed E-state index contributed by atoms with van der Waals surface area (Å²) in [6, 6.07) is 7.32. The molecule has 27 heavy (non-hydrogen) atoms. The van der Waals surface area contributed by atoms with E-state index in [-0.39, 0.29) is 17.4 Å². The maximum atomic E-state index is 8.64. The summed E-state index contributed by atoms with van der Waals surface area (Å²) in [5, 5.41) is 8.64. The second-order valence-corrected chi connectivity index (χ2v) is 7.56. The number of nitrogens with one attached hydrogen (secondary N) is 1. The molecular weight excluding hydrogens is 342 g/mol. The minimum atomic E-state index is -0.0787. The van der Waals surface area contributed by atoms with Crippen LogP contribution in [0.1, 0.15) is 37.9 Å². The van der Waals surface area contributed by atoms with E-state index >= 15 is 0 Å². The van der Waals surface area contributed by atoms with Crippen LogP contribution in [-0.2, 0) is 4.74 Å². The molecule has 2 fully saturated rings. The zero-order valence-corrected chi connectivity index (χ0v) is 15.7. The molecule has 7 heteroatoms. The van der Waals surface area contributed by atoms with E-state index < -0.39 is 0 Å². The van der Waals surface area contributed by atoms with E-state index in [4.69, 9.17) is 20.6 Å². The molecule has 0 bridgehead atoms. The van der Waals surface area contributed by atoms with Crippen LogP contribution < -0.4 is 15.4 Å². The van der Waals surface area contributed by atoms with Crippen LogP contribution in [-0.4, -0.2) is 47.1 Å². The second-order valence-electron chi connectivity index (χ2n) is 7.56. The summed E-state index contributed by atoms with van der Waals surface area (Å²) in [5.74, 6) is 1.54. The first-order valence-corrected chi connectivity index (χ1v) is 9.30. The van der Waals surface area contributed by atoms with Gasteiger partial charge in [-0.25, -0.2) is 9.97 Å². The summed E-state index contributed by atoms with van der Waals surface area (Å²) in [6.45, 7) is 6.35.